The number of para-hydroxylation sites is 1. The SMILES string of the molecule is Oc1[nH]nnc1Sc1n[nH]c2ccccc12. The van der Waals surface area contributed by atoms with Gasteiger partial charge in [0.25, 0.3) is 0 Å². The molecule has 80 valence electrons. The quantitative estimate of drug-likeness (QED) is 0.624. The molecular formula is C9H7N5OS. The van der Waals surface area contributed by atoms with Gasteiger partial charge in [0, 0.05) is 5.39 Å². The molecule has 0 saturated carbocycles. The van der Waals surface area contributed by atoms with Crippen molar-refractivity contribution in [3.63, 3.8) is 0 Å². The van der Waals surface area contributed by atoms with Crippen molar-refractivity contribution < 1.29 is 5.11 Å². The van der Waals surface area contributed by atoms with Crippen LogP contribution in [0.4, 0.5) is 0 Å². The highest BCUT2D eigenvalue weighted by Gasteiger charge is 2.12. The van der Waals surface area contributed by atoms with E-state index in [-0.39, 0.29) is 5.88 Å². The number of hydrogen-bond donors (Lipinski definition) is 3. The van der Waals surface area contributed by atoms with E-state index in [0.29, 0.717) is 5.03 Å². The molecule has 2 aromatic heterocycles. The summed E-state index contributed by atoms with van der Waals surface area (Å²) in [6.45, 7) is 0. The number of aromatic nitrogens is 5. The van der Waals surface area contributed by atoms with Crippen LogP contribution in [0.5, 0.6) is 5.88 Å². The number of fused-ring (bicyclic) bond motifs is 1. The standard InChI is InChI=1S/C9H7N5OS/c15-7-9(13-14-11-7)16-8-5-3-1-2-4-6(5)10-12-8/h1-4H,(H,10,12)(H2,11,13,14,15). The van der Waals surface area contributed by atoms with Crippen LogP contribution < -0.4 is 0 Å². The third kappa shape index (κ3) is 1.41. The van der Waals surface area contributed by atoms with E-state index >= 15 is 0 Å². The Balaban J connectivity index is 2.04. The Morgan fingerprint density at radius 1 is 1.12 bits per heavy atom. The van der Waals surface area contributed by atoms with E-state index in [1.165, 1.54) is 11.8 Å². The maximum absolute atomic E-state index is 9.38. The van der Waals surface area contributed by atoms with Crippen molar-refractivity contribution in [3.8, 4) is 5.88 Å². The van der Waals surface area contributed by atoms with Crippen molar-refractivity contribution in [2.24, 2.45) is 0 Å². The van der Waals surface area contributed by atoms with Crippen molar-refractivity contribution in [2.75, 3.05) is 0 Å². The molecule has 0 fully saturated rings. The second-order valence-electron chi connectivity index (χ2n) is 3.14. The average Bonchev–Trinajstić information content (AvgIpc) is 2.88. The Kier molecular flexibility index (Phi) is 2.03. The molecule has 3 N–H and O–H groups in total. The molecule has 0 spiro atoms. The number of benzene rings is 1. The summed E-state index contributed by atoms with van der Waals surface area (Å²) in [6.07, 6.45) is 0. The fourth-order valence-corrected chi connectivity index (χ4v) is 2.18. The molecule has 0 atom stereocenters. The highest BCUT2D eigenvalue weighted by Crippen LogP contribution is 2.33. The third-order valence-corrected chi connectivity index (χ3v) is 3.10. The van der Waals surface area contributed by atoms with Crippen molar-refractivity contribution >= 4 is 22.7 Å². The van der Waals surface area contributed by atoms with Crippen LogP contribution in [0.3, 0.4) is 0 Å². The predicted molar refractivity (Wildman–Crippen MR) is 58.3 cm³/mol. The first-order valence-corrected chi connectivity index (χ1v) is 5.37. The summed E-state index contributed by atoms with van der Waals surface area (Å²) in [5.41, 5.74) is 0.952. The average molecular weight is 233 g/mol. The molecule has 0 aliphatic carbocycles. The van der Waals surface area contributed by atoms with Crippen LogP contribution in [-0.2, 0) is 0 Å². The van der Waals surface area contributed by atoms with E-state index < -0.39 is 0 Å². The van der Waals surface area contributed by atoms with Crippen LogP contribution in [0, 0.1) is 0 Å². The van der Waals surface area contributed by atoms with Crippen LogP contribution in [0.15, 0.2) is 34.3 Å². The van der Waals surface area contributed by atoms with Crippen LogP contribution >= 0.6 is 11.8 Å². The zero-order valence-corrected chi connectivity index (χ0v) is 8.82. The zero-order valence-electron chi connectivity index (χ0n) is 8.01. The highest BCUT2D eigenvalue weighted by atomic mass is 32.2. The predicted octanol–water partition coefficient (Wildman–Crippen LogP) is 1.54. The summed E-state index contributed by atoms with van der Waals surface area (Å²) in [6, 6.07) is 7.76. The lowest BCUT2D eigenvalue weighted by Crippen LogP contribution is -1.75. The lowest BCUT2D eigenvalue weighted by atomic mass is 10.3. The molecule has 3 aromatic rings. The first kappa shape index (κ1) is 9.22. The molecule has 0 aliphatic rings. The van der Waals surface area contributed by atoms with Crippen LogP contribution in [0.25, 0.3) is 10.9 Å². The number of nitrogens with one attached hydrogen (secondary N) is 2. The van der Waals surface area contributed by atoms with Gasteiger partial charge in [0.1, 0.15) is 5.03 Å². The summed E-state index contributed by atoms with van der Waals surface area (Å²) >= 11 is 1.26. The molecule has 1 aromatic carbocycles. The number of H-pyrrole nitrogens is 2. The van der Waals surface area contributed by atoms with Gasteiger partial charge < -0.3 is 5.11 Å². The lowest BCUT2D eigenvalue weighted by Gasteiger charge is -1.93. The number of aromatic hydroxyl groups is 1. The Bertz CT molecular complexity index is 631. The first-order chi connectivity index (χ1) is 7.84. The van der Waals surface area contributed by atoms with E-state index in [1.54, 1.807) is 0 Å². The van der Waals surface area contributed by atoms with Gasteiger partial charge >= 0.3 is 0 Å². The first-order valence-electron chi connectivity index (χ1n) is 4.55. The molecule has 6 nitrogen and oxygen atoms in total. The zero-order chi connectivity index (χ0) is 11.0. The minimum absolute atomic E-state index is 0.0444. The maximum atomic E-state index is 9.38. The van der Waals surface area contributed by atoms with Crippen LogP contribution in [-0.4, -0.2) is 30.7 Å². The highest BCUT2D eigenvalue weighted by molar-refractivity contribution is 7.99. The summed E-state index contributed by atoms with van der Waals surface area (Å²) in [5.74, 6) is -0.0444. The van der Waals surface area contributed by atoms with Gasteiger partial charge in [-0.05, 0) is 17.8 Å². The van der Waals surface area contributed by atoms with Crippen LogP contribution in [0.1, 0.15) is 0 Å². The molecule has 16 heavy (non-hydrogen) atoms. The second-order valence-corrected chi connectivity index (χ2v) is 4.12. The minimum Gasteiger partial charge on any atom is -0.492 e. The minimum atomic E-state index is -0.0444. The largest absolute Gasteiger partial charge is 0.492 e. The summed E-state index contributed by atoms with van der Waals surface area (Å²) < 4.78 is 0. The number of hydrogen-bond acceptors (Lipinski definition) is 5. The summed E-state index contributed by atoms with van der Waals surface area (Å²) in [7, 11) is 0. The molecule has 0 unspecified atom stereocenters. The molecule has 0 saturated heterocycles. The van der Waals surface area contributed by atoms with Gasteiger partial charge in [-0.1, -0.05) is 23.4 Å². The van der Waals surface area contributed by atoms with Crippen LogP contribution in [0.2, 0.25) is 0 Å². The monoisotopic (exact) mass is 233 g/mol. The number of rotatable bonds is 2. The van der Waals surface area contributed by atoms with Gasteiger partial charge in [-0.15, -0.1) is 5.10 Å². The molecule has 0 radical (unpaired) electrons. The number of nitrogens with zero attached hydrogens (tertiary/aromatic N) is 3. The summed E-state index contributed by atoms with van der Waals surface area (Å²) in [4.78, 5) is 0. The maximum Gasteiger partial charge on any atom is 0.242 e. The van der Waals surface area contributed by atoms with Gasteiger partial charge in [-0.3, -0.25) is 5.10 Å². The molecular weight excluding hydrogens is 226 g/mol. The second kappa shape index (κ2) is 3.53. The smallest absolute Gasteiger partial charge is 0.242 e. The molecule has 2 heterocycles. The molecule has 0 aliphatic heterocycles. The van der Waals surface area contributed by atoms with Gasteiger partial charge in [-0.25, -0.2) is 5.10 Å². The Hall–Kier alpha value is -2.02. The molecule has 0 amide bonds. The fourth-order valence-electron chi connectivity index (χ4n) is 1.39. The van der Waals surface area contributed by atoms with E-state index in [4.69, 9.17) is 0 Å². The van der Waals surface area contributed by atoms with Gasteiger partial charge in [0.05, 0.1) is 5.52 Å². The Labute approximate surface area is 94.1 Å². The van der Waals surface area contributed by atoms with Gasteiger partial charge in [0.15, 0.2) is 5.03 Å². The van der Waals surface area contributed by atoms with Crippen molar-refractivity contribution in [1.29, 1.82) is 0 Å². The molecule has 0 bridgehead atoms. The molecule has 7 heteroatoms. The van der Waals surface area contributed by atoms with E-state index in [2.05, 4.69) is 25.6 Å². The topological polar surface area (TPSA) is 90.5 Å². The van der Waals surface area contributed by atoms with Gasteiger partial charge in [0.2, 0.25) is 5.88 Å². The Morgan fingerprint density at radius 3 is 2.81 bits per heavy atom. The van der Waals surface area contributed by atoms with E-state index in [1.807, 2.05) is 24.3 Å². The van der Waals surface area contributed by atoms with Crippen molar-refractivity contribution in [2.45, 2.75) is 10.1 Å². The molecule has 3 rings (SSSR count). The number of aromatic amines is 2. The fraction of sp³-hybridized carbons (Fsp3) is 0. The van der Waals surface area contributed by atoms with Crippen molar-refractivity contribution in [1.82, 2.24) is 25.6 Å². The summed E-state index contributed by atoms with van der Waals surface area (Å²) in [5, 5.41) is 28.2. The van der Waals surface area contributed by atoms with E-state index in [0.717, 1.165) is 15.9 Å². The normalized spacial score (nSPS) is 11.0. The van der Waals surface area contributed by atoms with E-state index in [9.17, 15) is 5.11 Å². The van der Waals surface area contributed by atoms with Gasteiger partial charge in [-0.2, -0.15) is 5.10 Å². The Morgan fingerprint density at radius 2 is 2.00 bits per heavy atom. The third-order valence-electron chi connectivity index (χ3n) is 2.13. The lowest BCUT2D eigenvalue weighted by molar-refractivity contribution is 0.440. The van der Waals surface area contributed by atoms with Crippen molar-refractivity contribution in [3.05, 3.63) is 24.3 Å².